The first kappa shape index (κ1) is 12.4. The van der Waals surface area contributed by atoms with E-state index in [-0.39, 0.29) is 0 Å². The van der Waals surface area contributed by atoms with Gasteiger partial charge in [-0.3, -0.25) is 4.90 Å². The van der Waals surface area contributed by atoms with E-state index >= 15 is 0 Å². The van der Waals surface area contributed by atoms with E-state index in [1.165, 1.54) is 18.4 Å². The molecule has 1 saturated carbocycles. The first-order valence-corrected chi connectivity index (χ1v) is 6.30. The van der Waals surface area contributed by atoms with E-state index in [0.29, 0.717) is 6.10 Å². The van der Waals surface area contributed by atoms with Gasteiger partial charge in [0.25, 0.3) is 0 Å². The van der Waals surface area contributed by atoms with Crippen molar-refractivity contribution in [3.05, 3.63) is 29.8 Å². The van der Waals surface area contributed by atoms with Crippen molar-refractivity contribution in [2.75, 3.05) is 19.4 Å². The lowest BCUT2D eigenvalue weighted by Crippen LogP contribution is -2.33. The number of hydrogen-bond acceptors (Lipinski definition) is 3. The molecule has 0 bridgehead atoms. The molecular weight excluding hydrogens is 212 g/mol. The van der Waals surface area contributed by atoms with Crippen LogP contribution in [0.3, 0.4) is 0 Å². The number of rotatable bonds is 6. The molecule has 3 nitrogen and oxygen atoms in total. The molecule has 1 aromatic rings. The van der Waals surface area contributed by atoms with Gasteiger partial charge in [0.15, 0.2) is 0 Å². The molecule has 17 heavy (non-hydrogen) atoms. The summed E-state index contributed by atoms with van der Waals surface area (Å²) >= 11 is 0. The normalized spacial score (nSPS) is 17.4. The van der Waals surface area contributed by atoms with E-state index in [9.17, 15) is 0 Å². The maximum Gasteiger partial charge on any atom is 0.0670 e. The van der Waals surface area contributed by atoms with Crippen LogP contribution < -0.4 is 5.73 Å². The second kappa shape index (κ2) is 5.52. The number of anilines is 1. The summed E-state index contributed by atoms with van der Waals surface area (Å²) in [5.74, 6) is 0. The van der Waals surface area contributed by atoms with E-state index in [2.05, 4.69) is 24.0 Å². The Balaban J connectivity index is 1.95. The van der Waals surface area contributed by atoms with Crippen molar-refractivity contribution in [3.63, 3.8) is 0 Å². The van der Waals surface area contributed by atoms with Gasteiger partial charge in [0.1, 0.15) is 0 Å². The van der Waals surface area contributed by atoms with E-state index in [1.54, 1.807) is 7.11 Å². The number of nitrogens with two attached hydrogens (primary N) is 1. The molecule has 2 N–H and O–H groups in total. The van der Waals surface area contributed by atoms with Gasteiger partial charge in [-0.15, -0.1) is 0 Å². The van der Waals surface area contributed by atoms with Crippen molar-refractivity contribution in [3.8, 4) is 0 Å². The third-order valence-corrected chi connectivity index (χ3v) is 3.32. The highest BCUT2D eigenvalue weighted by Gasteiger charge is 2.29. The molecule has 1 atom stereocenters. The summed E-state index contributed by atoms with van der Waals surface area (Å²) in [6, 6.07) is 8.93. The molecule has 0 saturated heterocycles. The van der Waals surface area contributed by atoms with Crippen LogP contribution >= 0.6 is 0 Å². The zero-order chi connectivity index (χ0) is 12.3. The fourth-order valence-electron chi connectivity index (χ4n) is 2.04. The van der Waals surface area contributed by atoms with E-state index < -0.39 is 0 Å². The summed E-state index contributed by atoms with van der Waals surface area (Å²) in [6.07, 6.45) is 2.95. The largest absolute Gasteiger partial charge is 0.399 e. The Morgan fingerprint density at radius 3 is 2.53 bits per heavy atom. The van der Waals surface area contributed by atoms with Gasteiger partial charge in [-0.25, -0.2) is 0 Å². The maximum absolute atomic E-state index is 5.70. The Morgan fingerprint density at radius 1 is 1.35 bits per heavy atom. The van der Waals surface area contributed by atoms with Crippen LogP contribution in [-0.2, 0) is 11.3 Å². The molecule has 0 amide bonds. The van der Waals surface area contributed by atoms with Crippen LogP contribution in [0.2, 0.25) is 0 Å². The van der Waals surface area contributed by atoms with Gasteiger partial charge in [0.2, 0.25) is 0 Å². The van der Waals surface area contributed by atoms with Gasteiger partial charge in [-0.2, -0.15) is 0 Å². The third kappa shape index (κ3) is 3.72. The smallest absolute Gasteiger partial charge is 0.0670 e. The Bertz CT molecular complexity index is 346. The molecular formula is C14H22N2O. The molecule has 0 spiro atoms. The van der Waals surface area contributed by atoms with Crippen molar-refractivity contribution in [1.82, 2.24) is 4.90 Å². The molecule has 1 unspecified atom stereocenters. The molecule has 1 aliphatic rings. The number of hydrogen-bond donors (Lipinski definition) is 1. The van der Waals surface area contributed by atoms with Gasteiger partial charge in [0, 0.05) is 31.9 Å². The predicted molar refractivity (Wildman–Crippen MR) is 70.8 cm³/mol. The van der Waals surface area contributed by atoms with Crippen molar-refractivity contribution in [1.29, 1.82) is 0 Å². The first-order chi connectivity index (χ1) is 8.19. The average molecular weight is 234 g/mol. The SMILES string of the molecule is COC(C)CN(Cc1ccc(N)cc1)C1CC1. The van der Waals surface area contributed by atoms with Crippen molar-refractivity contribution in [2.45, 2.75) is 38.5 Å². The molecule has 0 heterocycles. The number of benzene rings is 1. The Labute approximate surface area is 104 Å². The Hall–Kier alpha value is -1.06. The quantitative estimate of drug-likeness (QED) is 0.767. The monoisotopic (exact) mass is 234 g/mol. The average Bonchev–Trinajstić information content (AvgIpc) is 3.15. The number of ether oxygens (including phenoxy) is 1. The van der Waals surface area contributed by atoms with Gasteiger partial charge in [-0.1, -0.05) is 12.1 Å². The molecule has 2 rings (SSSR count). The minimum atomic E-state index is 0.296. The topological polar surface area (TPSA) is 38.5 Å². The highest BCUT2D eigenvalue weighted by atomic mass is 16.5. The Morgan fingerprint density at radius 2 is 2.00 bits per heavy atom. The lowest BCUT2D eigenvalue weighted by atomic mass is 10.2. The minimum absolute atomic E-state index is 0.296. The molecule has 94 valence electrons. The van der Waals surface area contributed by atoms with Gasteiger partial charge >= 0.3 is 0 Å². The van der Waals surface area contributed by atoms with Crippen molar-refractivity contribution >= 4 is 5.69 Å². The number of nitrogen functional groups attached to an aromatic ring is 1. The predicted octanol–water partition coefficient (Wildman–Crippen LogP) is 2.27. The molecule has 0 radical (unpaired) electrons. The number of nitrogens with zero attached hydrogens (tertiary/aromatic N) is 1. The summed E-state index contributed by atoms with van der Waals surface area (Å²) in [5.41, 5.74) is 7.86. The molecule has 0 aromatic heterocycles. The highest BCUT2D eigenvalue weighted by molar-refractivity contribution is 5.39. The summed E-state index contributed by atoms with van der Waals surface area (Å²) < 4.78 is 5.35. The van der Waals surface area contributed by atoms with Gasteiger partial charge in [0.05, 0.1) is 6.10 Å². The van der Waals surface area contributed by atoms with Gasteiger partial charge < -0.3 is 10.5 Å². The maximum atomic E-state index is 5.70. The lowest BCUT2D eigenvalue weighted by molar-refractivity contribution is 0.0711. The highest BCUT2D eigenvalue weighted by Crippen LogP contribution is 2.28. The van der Waals surface area contributed by atoms with Crippen LogP contribution in [0.5, 0.6) is 0 Å². The lowest BCUT2D eigenvalue weighted by Gasteiger charge is -2.25. The minimum Gasteiger partial charge on any atom is -0.399 e. The van der Waals surface area contributed by atoms with Crippen LogP contribution in [0.15, 0.2) is 24.3 Å². The summed E-state index contributed by atoms with van der Waals surface area (Å²) in [5, 5.41) is 0. The van der Waals surface area contributed by atoms with Crippen molar-refractivity contribution in [2.24, 2.45) is 0 Å². The van der Waals surface area contributed by atoms with E-state index in [0.717, 1.165) is 24.8 Å². The zero-order valence-corrected chi connectivity index (χ0v) is 10.7. The fourth-order valence-corrected chi connectivity index (χ4v) is 2.04. The molecule has 0 aliphatic heterocycles. The second-order valence-electron chi connectivity index (χ2n) is 4.95. The van der Waals surface area contributed by atoms with Crippen LogP contribution in [0.25, 0.3) is 0 Å². The van der Waals surface area contributed by atoms with Crippen molar-refractivity contribution < 1.29 is 4.74 Å². The molecule has 1 aromatic carbocycles. The molecule has 1 aliphatic carbocycles. The van der Waals surface area contributed by atoms with Crippen LogP contribution in [-0.4, -0.2) is 30.7 Å². The van der Waals surface area contributed by atoms with Crippen LogP contribution in [0.1, 0.15) is 25.3 Å². The van der Waals surface area contributed by atoms with Gasteiger partial charge in [-0.05, 0) is 37.5 Å². The first-order valence-electron chi connectivity index (χ1n) is 6.30. The third-order valence-electron chi connectivity index (χ3n) is 3.32. The number of methoxy groups -OCH3 is 1. The zero-order valence-electron chi connectivity index (χ0n) is 10.7. The second-order valence-corrected chi connectivity index (χ2v) is 4.95. The summed E-state index contributed by atoms with van der Waals surface area (Å²) in [7, 11) is 1.78. The Kier molecular flexibility index (Phi) is 4.02. The summed E-state index contributed by atoms with van der Waals surface area (Å²) in [6.45, 7) is 4.13. The van der Waals surface area contributed by atoms with E-state index in [4.69, 9.17) is 10.5 Å². The van der Waals surface area contributed by atoms with Crippen LogP contribution in [0, 0.1) is 0 Å². The fraction of sp³-hybridized carbons (Fsp3) is 0.571. The molecule has 1 fully saturated rings. The van der Waals surface area contributed by atoms with Crippen LogP contribution in [0.4, 0.5) is 5.69 Å². The standard InChI is InChI=1S/C14H22N2O/c1-11(17-2)9-16(14-7-8-14)10-12-3-5-13(15)6-4-12/h3-6,11,14H,7-10,15H2,1-2H3. The summed E-state index contributed by atoms with van der Waals surface area (Å²) in [4.78, 5) is 2.51. The molecule has 3 heteroatoms. The van der Waals surface area contributed by atoms with E-state index in [1.807, 2.05) is 12.1 Å².